The van der Waals surface area contributed by atoms with Gasteiger partial charge in [-0.2, -0.15) is 0 Å². The molecular formula is C23H18ClN3O4S. The highest BCUT2D eigenvalue weighted by molar-refractivity contribution is 8.00. The van der Waals surface area contributed by atoms with Gasteiger partial charge in [0.25, 0.3) is 0 Å². The summed E-state index contributed by atoms with van der Waals surface area (Å²) in [4.78, 5) is 40.3. The Hall–Kier alpha value is -3.62. The summed E-state index contributed by atoms with van der Waals surface area (Å²) in [6, 6.07) is 19.5. The minimum atomic E-state index is -1.21. The molecule has 1 atom stereocenters. The van der Waals surface area contributed by atoms with E-state index in [2.05, 4.69) is 15.6 Å². The fourth-order valence-electron chi connectivity index (χ4n) is 2.66. The van der Waals surface area contributed by atoms with Crippen molar-refractivity contribution in [2.45, 2.75) is 10.1 Å². The van der Waals surface area contributed by atoms with Crippen LogP contribution < -0.4 is 10.6 Å². The lowest BCUT2D eigenvalue weighted by molar-refractivity contribution is -0.131. The third-order valence-corrected chi connectivity index (χ3v) is 5.52. The number of benzene rings is 2. The van der Waals surface area contributed by atoms with Gasteiger partial charge in [-0.25, -0.2) is 9.78 Å². The first kappa shape index (κ1) is 23.1. The van der Waals surface area contributed by atoms with Crippen LogP contribution in [0.5, 0.6) is 0 Å². The van der Waals surface area contributed by atoms with Gasteiger partial charge in [0.15, 0.2) is 0 Å². The molecule has 7 nitrogen and oxygen atoms in total. The van der Waals surface area contributed by atoms with Gasteiger partial charge in [0.2, 0.25) is 11.8 Å². The van der Waals surface area contributed by atoms with Gasteiger partial charge in [-0.15, -0.1) is 11.8 Å². The number of nitrogens with zero attached hydrogens (tertiary/aromatic N) is 1. The first-order valence-electron chi connectivity index (χ1n) is 9.37. The number of halogens is 1. The molecule has 0 saturated carbocycles. The van der Waals surface area contributed by atoms with E-state index in [9.17, 15) is 14.4 Å². The fourth-order valence-corrected chi connectivity index (χ4v) is 3.85. The van der Waals surface area contributed by atoms with Crippen molar-refractivity contribution in [1.29, 1.82) is 0 Å². The minimum Gasteiger partial charge on any atom is -0.478 e. The predicted molar refractivity (Wildman–Crippen MR) is 125 cm³/mol. The number of carbonyl (C=O) groups excluding carboxylic acids is 2. The number of pyridine rings is 1. The van der Waals surface area contributed by atoms with Crippen molar-refractivity contribution in [3.8, 4) is 0 Å². The summed E-state index contributed by atoms with van der Waals surface area (Å²) < 4.78 is 0. The smallest absolute Gasteiger partial charge is 0.328 e. The van der Waals surface area contributed by atoms with E-state index < -0.39 is 17.1 Å². The van der Waals surface area contributed by atoms with Gasteiger partial charge in [-0.3, -0.25) is 9.59 Å². The molecule has 0 radical (unpaired) electrons. The molecule has 0 aliphatic heterocycles. The lowest BCUT2D eigenvalue weighted by Crippen LogP contribution is -2.19. The number of thioether (sulfide) groups is 1. The summed E-state index contributed by atoms with van der Waals surface area (Å²) in [6.45, 7) is 0. The largest absolute Gasteiger partial charge is 0.478 e. The van der Waals surface area contributed by atoms with Gasteiger partial charge in [-0.05, 0) is 35.9 Å². The second-order valence-corrected chi connectivity index (χ2v) is 8.06. The van der Waals surface area contributed by atoms with Gasteiger partial charge in [0.05, 0.1) is 5.02 Å². The molecule has 0 aliphatic carbocycles. The fraction of sp³-hybridized carbons (Fsp3) is 0.0435. The Morgan fingerprint density at radius 3 is 2.44 bits per heavy atom. The normalized spacial score (nSPS) is 11.7. The van der Waals surface area contributed by atoms with Crippen molar-refractivity contribution in [2.75, 3.05) is 10.6 Å². The van der Waals surface area contributed by atoms with E-state index in [-0.39, 0.29) is 5.91 Å². The molecule has 3 rings (SSSR count). The molecule has 3 aromatic rings. The van der Waals surface area contributed by atoms with Crippen LogP contribution in [0.2, 0.25) is 5.02 Å². The van der Waals surface area contributed by atoms with Gasteiger partial charge in [-0.1, -0.05) is 48.0 Å². The number of hydrogen-bond donors (Lipinski definition) is 3. The van der Waals surface area contributed by atoms with Crippen LogP contribution in [0.15, 0.2) is 90.0 Å². The minimum absolute atomic E-state index is 0.269. The highest BCUT2D eigenvalue weighted by atomic mass is 35.5. The van der Waals surface area contributed by atoms with E-state index in [1.165, 1.54) is 18.0 Å². The van der Waals surface area contributed by atoms with E-state index in [0.717, 1.165) is 22.6 Å². The summed E-state index contributed by atoms with van der Waals surface area (Å²) >= 11 is 7.16. The maximum atomic E-state index is 13.1. The number of nitrogens with one attached hydrogen (secondary N) is 2. The quantitative estimate of drug-likeness (QED) is 0.325. The number of amides is 2. The molecule has 1 unspecified atom stereocenters. The predicted octanol–water partition coefficient (Wildman–Crippen LogP) is 4.79. The zero-order valence-electron chi connectivity index (χ0n) is 16.6. The van der Waals surface area contributed by atoms with Crippen LogP contribution in [-0.4, -0.2) is 27.9 Å². The molecule has 0 bridgehead atoms. The summed E-state index contributed by atoms with van der Waals surface area (Å²) in [5.41, 5.74) is 1.27. The third-order valence-electron chi connectivity index (χ3n) is 4.05. The van der Waals surface area contributed by atoms with Crippen LogP contribution in [0, 0.1) is 0 Å². The summed E-state index contributed by atoms with van der Waals surface area (Å²) in [6.07, 6.45) is 3.14. The van der Waals surface area contributed by atoms with Crippen LogP contribution in [0.3, 0.4) is 0 Å². The monoisotopic (exact) mass is 467 g/mol. The van der Waals surface area contributed by atoms with Crippen molar-refractivity contribution >= 4 is 52.7 Å². The van der Waals surface area contributed by atoms with Gasteiger partial charge < -0.3 is 15.7 Å². The van der Waals surface area contributed by atoms with Crippen LogP contribution in [0.25, 0.3) is 0 Å². The second kappa shape index (κ2) is 11.1. The summed E-state index contributed by atoms with van der Waals surface area (Å²) in [5, 5.41) is 13.9. The zero-order chi connectivity index (χ0) is 22.9. The number of carboxylic acids is 1. The van der Waals surface area contributed by atoms with E-state index in [1.807, 2.05) is 36.4 Å². The molecule has 162 valence electrons. The lowest BCUT2D eigenvalue weighted by atomic mass is 10.1. The molecule has 1 heterocycles. The standard InChI is InChI=1S/C23H18ClN3O4S/c24-16-9-10-19(25-14-16)27-23(31)22(15-5-2-1-3-6-15)32-18-8-4-7-17(13-18)26-20(28)11-12-21(29)30/h1-14,22H,(H,26,28)(H,29,30)(H,25,27,31)/b12-11+. The summed E-state index contributed by atoms with van der Waals surface area (Å²) in [7, 11) is 0. The van der Waals surface area contributed by atoms with E-state index in [1.54, 1.807) is 30.3 Å². The Kier molecular flexibility index (Phi) is 8.02. The molecule has 0 saturated heterocycles. The van der Waals surface area contributed by atoms with Crippen molar-refractivity contribution in [2.24, 2.45) is 0 Å². The average molecular weight is 468 g/mol. The maximum Gasteiger partial charge on any atom is 0.328 e. The SMILES string of the molecule is O=C(O)/C=C/C(=O)Nc1cccc(SC(C(=O)Nc2ccc(Cl)cn2)c2ccccc2)c1. The van der Waals surface area contributed by atoms with Crippen LogP contribution in [0.1, 0.15) is 10.8 Å². The molecule has 0 spiro atoms. The molecular weight excluding hydrogens is 450 g/mol. The number of anilines is 2. The third kappa shape index (κ3) is 6.97. The Bertz CT molecular complexity index is 1140. The van der Waals surface area contributed by atoms with Crippen molar-refractivity contribution < 1.29 is 19.5 Å². The molecule has 32 heavy (non-hydrogen) atoms. The number of rotatable bonds is 8. The summed E-state index contributed by atoms with van der Waals surface area (Å²) in [5.74, 6) is -1.67. The topological polar surface area (TPSA) is 108 Å². The van der Waals surface area contributed by atoms with Gasteiger partial charge in [0.1, 0.15) is 11.1 Å². The zero-order valence-corrected chi connectivity index (χ0v) is 18.1. The Morgan fingerprint density at radius 2 is 1.75 bits per heavy atom. The maximum absolute atomic E-state index is 13.1. The number of hydrogen-bond acceptors (Lipinski definition) is 5. The first-order chi connectivity index (χ1) is 15.4. The Labute approximate surface area is 193 Å². The van der Waals surface area contributed by atoms with Gasteiger partial charge >= 0.3 is 5.97 Å². The number of carboxylic acid groups (broad SMARTS) is 1. The lowest BCUT2D eigenvalue weighted by Gasteiger charge is -2.17. The van der Waals surface area contributed by atoms with Gasteiger partial charge in [0, 0.05) is 28.9 Å². The first-order valence-corrected chi connectivity index (χ1v) is 10.6. The molecule has 0 fully saturated rings. The van der Waals surface area contributed by atoms with Crippen molar-refractivity contribution in [1.82, 2.24) is 4.98 Å². The van der Waals surface area contributed by atoms with E-state index in [4.69, 9.17) is 16.7 Å². The average Bonchev–Trinajstić information content (AvgIpc) is 2.78. The second-order valence-electron chi connectivity index (χ2n) is 6.45. The molecule has 2 amide bonds. The Morgan fingerprint density at radius 1 is 0.969 bits per heavy atom. The van der Waals surface area contributed by atoms with Crippen molar-refractivity contribution in [3.63, 3.8) is 0 Å². The molecule has 0 aliphatic rings. The number of aliphatic carboxylic acids is 1. The number of aromatic nitrogens is 1. The molecule has 1 aromatic heterocycles. The van der Waals surface area contributed by atoms with Crippen molar-refractivity contribution in [3.05, 3.63) is 95.7 Å². The molecule has 2 aromatic carbocycles. The molecule has 9 heteroatoms. The van der Waals surface area contributed by atoms with Crippen LogP contribution in [0.4, 0.5) is 11.5 Å². The van der Waals surface area contributed by atoms with Crippen LogP contribution >= 0.6 is 23.4 Å². The highest BCUT2D eigenvalue weighted by Crippen LogP contribution is 2.37. The van der Waals surface area contributed by atoms with Crippen LogP contribution in [-0.2, 0) is 14.4 Å². The molecule has 3 N–H and O–H groups in total. The Balaban J connectivity index is 1.79. The number of carbonyl (C=O) groups is 3. The highest BCUT2D eigenvalue weighted by Gasteiger charge is 2.22. The van der Waals surface area contributed by atoms with E-state index >= 15 is 0 Å². The van der Waals surface area contributed by atoms with E-state index in [0.29, 0.717) is 16.5 Å².